The van der Waals surface area contributed by atoms with Gasteiger partial charge in [0.25, 0.3) is 0 Å². The van der Waals surface area contributed by atoms with E-state index in [0.29, 0.717) is 0 Å². The van der Waals surface area contributed by atoms with Crippen LogP contribution in [0.1, 0.15) is 15.4 Å². The fourth-order valence-electron chi connectivity index (χ4n) is 2.21. The van der Waals surface area contributed by atoms with E-state index in [4.69, 9.17) is 4.98 Å². The van der Waals surface area contributed by atoms with Gasteiger partial charge < -0.3 is 0 Å². The molecule has 0 fully saturated rings. The highest BCUT2D eigenvalue weighted by Crippen LogP contribution is 2.33. The predicted molar refractivity (Wildman–Crippen MR) is 89.2 cm³/mol. The summed E-state index contributed by atoms with van der Waals surface area (Å²) in [6.45, 7) is 2.08. The van der Waals surface area contributed by atoms with Crippen molar-refractivity contribution in [2.24, 2.45) is 0 Å². The van der Waals surface area contributed by atoms with Crippen molar-refractivity contribution >= 4 is 27.3 Å². The molecule has 0 saturated heterocycles. The summed E-state index contributed by atoms with van der Waals surface area (Å²) in [5.74, 6) is -0.206. The van der Waals surface area contributed by atoms with Crippen LogP contribution in [0.2, 0.25) is 0 Å². The Morgan fingerprint density at radius 1 is 1.10 bits per heavy atom. The minimum absolute atomic E-state index is 0.206. The van der Waals surface area contributed by atoms with Crippen molar-refractivity contribution in [3.63, 3.8) is 0 Å². The highest BCUT2D eigenvalue weighted by atomic mass is 79.9. The molecule has 0 amide bonds. The van der Waals surface area contributed by atoms with Crippen LogP contribution in [0.15, 0.2) is 53.0 Å². The van der Waals surface area contributed by atoms with Crippen LogP contribution in [0.25, 0.3) is 11.3 Å². The highest BCUT2D eigenvalue weighted by Gasteiger charge is 2.12. The van der Waals surface area contributed by atoms with Gasteiger partial charge in [0.1, 0.15) is 5.82 Å². The van der Waals surface area contributed by atoms with Gasteiger partial charge in [0, 0.05) is 21.3 Å². The van der Waals surface area contributed by atoms with Gasteiger partial charge in [-0.05, 0) is 30.7 Å². The normalized spacial score (nSPS) is 10.8. The summed E-state index contributed by atoms with van der Waals surface area (Å²) in [5, 5.41) is 1.05. The number of hydrogen-bond acceptors (Lipinski definition) is 2. The van der Waals surface area contributed by atoms with Crippen molar-refractivity contribution in [2.75, 3.05) is 0 Å². The van der Waals surface area contributed by atoms with Crippen LogP contribution in [0, 0.1) is 12.7 Å². The Bertz CT molecular complexity index is 765. The molecular formula is C17H13BrFNS. The molecule has 0 aliphatic heterocycles. The summed E-state index contributed by atoms with van der Waals surface area (Å²) in [5.41, 5.74) is 3.20. The predicted octanol–water partition coefficient (Wildman–Crippen LogP) is 5.61. The second-order valence-electron chi connectivity index (χ2n) is 4.80. The minimum atomic E-state index is -0.206. The zero-order chi connectivity index (χ0) is 14.8. The fraction of sp³-hybridized carbons (Fsp3) is 0.118. The van der Waals surface area contributed by atoms with Gasteiger partial charge in [0.05, 0.1) is 10.7 Å². The molecule has 3 aromatic rings. The van der Waals surface area contributed by atoms with Crippen LogP contribution >= 0.6 is 27.3 Å². The molecule has 0 saturated carbocycles. The average molecular weight is 362 g/mol. The standard InChI is InChI=1S/C17H13BrFNS/c1-11-17(14-4-2-3-5-15(14)18)20-16(21-11)10-12-6-8-13(19)9-7-12/h2-9H,10H2,1H3. The van der Waals surface area contributed by atoms with Crippen molar-refractivity contribution in [3.8, 4) is 11.3 Å². The third-order valence-electron chi connectivity index (χ3n) is 3.24. The fourth-order valence-corrected chi connectivity index (χ4v) is 3.66. The number of hydrogen-bond donors (Lipinski definition) is 0. The molecule has 0 bridgehead atoms. The Balaban J connectivity index is 1.91. The zero-order valence-electron chi connectivity index (χ0n) is 11.4. The van der Waals surface area contributed by atoms with Gasteiger partial charge in [-0.25, -0.2) is 9.37 Å². The number of nitrogens with zero attached hydrogens (tertiary/aromatic N) is 1. The van der Waals surface area contributed by atoms with Gasteiger partial charge >= 0.3 is 0 Å². The van der Waals surface area contributed by atoms with Crippen LogP contribution in [0.3, 0.4) is 0 Å². The summed E-state index contributed by atoms with van der Waals surface area (Å²) in [7, 11) is 0. The number of halogens is 2. The lowest BCUT2D eigenvalue weighted by atomic mass is 10.1. The SMILES string of the molecule is Cc1sc(Cc2ccc(F)cc2)nc1-c1ccccc1Br. The molecule has 0 aliphatic rings. The largest absolute Gasteiger partial charge is 0.241 e. The molecule has 0 aliphatic carbocycles. The van der Waals surface area contributed by atoms with E-state index in [9.17, 15) is 4.39 Å². The maximum atomic E-state index is 12.9. The van der Waals surface area contributed by atoms with E-state index in [1.807, 2.05) is 30.3 Å². The lowest BCUT2D eigenvalue weighted by molar-refractivity contribution is 0.627. The van der Waals surface area contributed by atoms with E-state index in [1.54, 1.807) is 11.3 Å². The monoisotopic (exact) mass is 361 g/mol. The molecule has 0 N–H and O–H groups in total. The summed E-state index contributed by atoms with van der Waals surface area (Å²) in [6, 6.07) is 14.7. The van der Waals surface area contributed by atoms with Crippen LogP contribution in [-0.2, 0) is 6.42 Å². The first-order chi connectivity index (χ1) is 10.1. The van der Waals surface area contributed by atoms with Gasteiger partial charge in [-0.1, -0.05) is 46.3 Å². The van der Waals surface area contributed by atoms with Gasteiger partial charge in [-0.3, -0.25) is 0 Å². The lowest BCUT2D eigenvalue weighted by Crippen LogP contribution is -1.88. The van der Waals surface area contributed by atoms with Crippen molar-refractivity contribution in [1.29, 1.82) is 0 Å². The molecule has 0 spiro atoms. The molecule has 1 heterocycles. The van der Waals surface area contributed by atoms with Crippen molar-refractivity contribution < 1.29 is 4.39 Å². The smallest absolute Gasteiger partial charge is 0.123 e. The summed E-state index contributed by atoms with van der Waals surface area (Å²) >= 11 is 5.27. The summed E-state index contributed by atoms with van der Waals surface area (Å²) in [6.07, 6.45) is 0.732. The van der Waals surface area contributed by atoms with Crippen LogP contribution < -0.4 is 0 Å². The van der Waals surface area contributed by atoms with E-state index in [2.05, 4.69) is 28.9 Å². The second kappa shape index (κ2) is 6.08. The van der Waals surface area contributed by atoms with Crippen molar-refractivity contribution in [2.45, 2.75) is 13.3 Å². The third kappa shape index (κ3) is 3.22. The van der Waals surface area contributed by atoms with Crippen molar-refractivity contribution in [1.82, 2.24) is 4.98 Å². The lowest BCUT2D eigenvalue weighted by Gasteiger charge is -2.01. The van der Waals surface area contributed by atoms with Crippen LogP contribution in [-0.4, -0.2) is 4.98 Å². The van der Waals surface area contributed by atoms with E-state index in [-0.39, 0.29) is 5.82 Å². The average Bonchev–Trinajstić information content (AvgIpc) is 2.83. The zero-order valence-corrected chi connectivity index (χ0v) is 13.8. The van der Waals surface area contributed by atoms with Gasteiger partial charge in [0.2, 0.25) is 0 Å². The quantitative estimate of drug-likeness (QED) is 0.590. The molecule has 4 heteroatoms. The molecule has 0 radical (unpaired) electrons. The molecule has 3 rings (SSSR count). The topological polar surface area (TPSA) is 12.9 Å². The Morgan fingerprint density at radius 3 is 2.52 bits per heavy atom. The highest BCUT2D eigenvalue weighted by molar-refractivity contribution is 9.10. The Labute approximate surface area is 135 Å². The van der Waals surface area contributed by atoms with Crippen LogP contribution in [0.5, 0.6) is 0 Å². The summed E-state index contributed by atoms with van der Waals surface area (Å²) < 4.78 is 14.0. The molecule has 21 heavy (non-hydrogen) atoms. The number of thiazole rings is 1. The molecule has 106 valence electrons. The van der Waals surface area contributed by atoms with Crippen LogP contribution in [0.4, 0.5) is 4.39 Å². The Kier molecular flexibility index (Phi) is 4.17. The maximum absolute atomic E-state index is 12.9. The molecule has 2 aromatic carbocycles. The molecule has 0 unspecified atom stereocenters. The molecular weight excluding hydrogens is 349 g/mol. The van der Waals surface area contributed by atoms with E-state index in [1.165, 1.54) is 17.0 Å². The van der Waals surface area contributed by atoms with E-state index < -0.39 is 0 Å². The third-order valence-corrected chi connectivity index (χ3v) is 4.90. The molecule has 0 atom stereocenters. The number of rotatable bonds is 3. The van der Waals surface area contributed by atoms with Crippen molar-refractivity contribution in [3.05, 3.63) is 74.3 Å². The van der Waals surface area contributed by atoms with Gasteiger partial charge in [0.15, 0.2) is 0 Å². The molecule has 1 aromatic heterocycles. The number of aromatic nitrogens is 1. The van der Waals surface area contributed by atoms with E-state index in [0.717, 1.165) is 32.7 Å². The number of benzene rings is 2. The van der Waals surface area contributed by atoms with Gasteiger partial charge in [-0.15, -0.1) is 11.3 Å². The second-order valence-corrected chi connectivity index (χ2v) is 6.94. The maximum Gasteiger partial charge on any atom is 0.123 e. The Morgan fingerprint density at radius 2 is 1.81 bits per heavy atom. The first kappa shape index (κ1) is 14.4. The summed E-state index contributed by atoms with van der Waals surface area (Å²) in [4.78, 5) is 5.95. The first-order valence-corrected chi connectivity index (χ1v) is 8.20. The minimum Gasteiger partial charge on any atom is -0.241 e. The number of aryl methyl sites for hydroxylation is 1. The van der Waals surface area contributed by atoms with Gasteiger partial charge in [-0.2, -0.15) is 0 Å². The van der Waals surface area contributed by atoms with E-state index >= 15 is 0 Å². The Hall–Kier alpha value is -1.52. The molecule has 1 nitrogen and oxygen atoms in total. The first-order valence-electron chi connectivity index (χ1n) is 6.59.